The molecule has 0 aliphatic rings. The summed E-state index contributed by atoms with van der Waals surface area (Å²) in [5, 5.41) is 17.5. The summed E-state index contributed by atoms with van der Waals surface area (Å²) in [6, 6.07) is 106. The van der Waals surface area contributed by atoms with E-state index in [9.17, 15) is 0 Å². The van der Waals surface area contributed by atoms with Crippen LogP contribution in [0.1, 0.15) is 66.8 Å². The van der Waals surface area contributed by atoms with Crippen LogP contribution in [-0.4, -0.2) is 0 Å². The maximum atomic E-state index is 2.29. The molecule has 0 aliphatic heterocycles. The molecule has 0 heterocycles. The zero-order valence-electron chi connectivity index (χ0n) is 55.7. The maximum Gasteiger partial charge on any atom is 1.00 e. The van der Waals surface area contributed by atoms with Crippen molar-refractivity contribution in [2.24, 2.45) is 0 Å². The predicted octanol–water partition coefficient (Wildman–Crippen LogP) is 17.9. The van der Waals surface area contributed by atoms with Gasteiger partial charge in [0.05, 0.1) is 0 Å². The van der Waals surface area contributed by atoms with Gasteiger partial charge in [0.25, 0.3) is 0 Å². The van der Waals surface area contributed by atoms with E-state index in [1.54, 1.807) is 0 Å². The van der Waals surface area contributed by atoms with E-state index in [0.29, 0.717) is 0 Å². The molecule has 12 aromatic carbocycles. The SMILES string of the molecule is Cc1ccccc1P(c1ccccc1C)c1ccccc1C.Cc1ccccc1P(c1ccccc1C)c1ccccc1C.Cc1ccccc1P(c1ccccc1C)c1ccccc1C.Cc1ccccc1P(c1ccccc1C)c1ccccc1C.[Au+].[Au].[Au].[Au].[CH3-]. The molecule has 491 valence electrons. The molecule has 0 amide bonds. The molecule has 0 N–H and O–H groups in total. The van der Waals surface area contributed by atoms with Crippen LogP contribution >= 0.6 is 31.7 Å². The normalized spacial score (nSPS) is 10.3. The fourth-order valence-corrected chi connectivity index (χ4v) is 22.4. The smallest absolute Gasteiger partial charge is 0.358 e. The molecule has 0 saturated heterocycles. The third-order valence-electron chi connectivity index (χ3n) is 16.3. The van der Waals surface area contributed by atoms with E-state index in [0.717, 1.165) is 0 Å². The van der Waals surface area contributed by atoms with Crippen LogP contribution in [0.25, 0.3) is 0 Å². The van der Waals surface area contributed by atoms with Crippen molar-refractivity contribution in [1.29, 1.82) is 0 Å². The third-order valence-corrected chi connectivity index (χ3v) is 28.1. The summed E-state index contributed by atoms with van der Waals surface area (Å²) >= 11 is 0. The molecule has 0 saturated carbocycles. The van der Waals surface area contributed by atoms with Crippen LogP contribution < -0.4 is 63.7 Å². The maximum absolute atomic E-state index is 2.29. The van der Waals surface area contributed by atoms with Crippen LogP contribution in [0.2, 0.25) is 0 Å². The minimum absolute atomic E-state index is 0. The topological polar surface area (TPSA) is 0 Å². The number of hydrogen-bond donors (Lipinski definition) is 0. The molecule has 0 aliphatic carbocycles. The molecule has 3 radical (unpaired) electrons. The van der Waals surface area contributed by atoms with Crippen LogP contribution in [0, 0.1) is 90.5 Å². The molecule has 93 heavy (non-hydrogen) atoms. The standard InChI is InChI=1S/4C21H21P.CH3.4Au/c4*1-16-10-4-7-13-19(16)22(20-14-8-5-11-17(20)2)21-15-9-6-12-18(21)3;;;;;/h4*4-15H,1-3H3;1H3;;;;/q;;;;-1;;;;+1. The second-order valence-electron chi connectivity index (χ2n) is 22.8. The number of aryl methyl sites for hydroxylation is 12. The Kier molecular flexibility index (Phi) is 34.9. The summed E-state index contributed by atoms with van der Waals surface area (Å²) in [4.78, 5) is 0. The van der Waals surface area contributed by atoms with Gasteiger partial charge >= 0.3 is 22.4 Å². The van der Waals surface area contributed by atoms with Gasteiger partial charge in [-0.1, -0.05) is 291 Å². The first-order chi connectivity index (χ1) is 42.7. The Morgan fingerprint density at radius 2 is 0.204 bits per heavy atom. The first kappa shape index (κ1) is 80.8. The fraction of sp³-hybridized carbons (Fsp3) is 0.141. The van der Waals surface area contributed by atoms with Gasteiger partial charge in [-0.05, 0) is 245 Å². The van der Waals surface area contributed by atoms with Gasteiger partial charge in [-0.15, -0.1) is 0 Å². The van der Waals surface area contributed by atoms with Gasteiger partial charge in [-0.2, -0.15) is 0 Å². The molecule has 0 fully saturated rings. The summed E-state index contributed by atoms with van der Waals surface area (Å²) in [5.41, 5.74) is 16.5. The van der Waals surface area contributed by atoms with Crippen molar-refractivity contribution in [3.05, 3.63) is 365 Å². The van der Waals surface area contributed by atoms with E-state index in [2.05, 4.69) is 374 Å². The molecule has 0 bridgehead atoms. The van der Waals surface area contributed by atoms with Gasteiger partial charge in [0.1, 0.15) is 0 Å². The van der Waals surface area contributed by atoms with Crippen LogP contribution in [0.3, 0.4) is 0 Å². The first-order valence-corrected chi connectivity index (χ1v) is 36.0. The molecule has 0 aromatic heterocycles. The fourth-order valence-electron chi connectivity index (χ4n) is 11.3. The van der Waals surface area contributed by atoms with Gasteiger partial charge < -0.3 is 7.43 Å². The summed E-state index contributed by atoms with van der Waals surface area (Å²) in [6.07, 6.45) is 0. The minimum atomic E-state index is -0.508. The first-order valence-electron chi connectivity index (χ1n) is 30.6. The van der Waals surface area contributed by atoms with Crippen LogP contribution in [0.4, 0.5) is 0 Å². The number of rotatable bonds is 12. The number of benzene rings is 12. The van der Waals surface area contributed by atoms with Crippen molar-refractivity contribution >= 4 is 95.3 Å². The van der Waals surface area contributed by atoms with Crippen molar-refractivity contribution in [3.8, 4) is 0 Å². The molecule has 0 spiro atoms. The largest absolute Gasteiger partial charge is 1.00 e. The molecule has 0 nitrogen and oxygen atoms in total. The van der Waals surface area contributed by atoms with Gasteiger partial charge in [0.2, 0.25) is 0 Å². The third kappa shape index (κ3) is 20.7. The molecular weight excluding hydrogens is 1930 g/mol. The quantitative estimate of drug-likeness (QED) is 0.0650. The second-order valence-corrected chi connectivity index (χ2v) is 31.2. The Labute approximate surface area is 626 Å². The van der Waals surface area contributed by atoms with E-state index in [-0.39, 0.29) is 96.9 Å². The van der Waals surface area contributed by atoms with E-state index >= 15 is 0 Å². The van der Waals surface area contributed by atoms with Crippen LogP contribution in [-0.2, 0) is 89.5 Å². The van der Waals surface area contributed by atoms with Crippen LogP contribution in [0.15, 0.2) is 291 Å². The molecule has 0 atom stereocenters. The average molecular weight is 2020 g/mol. The summed E-state index contributed by atoms with van der Waals surface area (Å²) in [5.74, 6) is 0. The van der Waals surface area contributed by atoms with Crippen molar-refractivity contribution in [2.75, 3.05) is 0 Å². The van der Waals surface area contributed by atoms with Gasteiger partial charge in [-0.3, -0.25) is 0 Å². The van der Waals surface area contributed by atoms with E-state index in [4.69, 9.17) is 0 Å². The molecule has 0 unspecified atom stereocenters. The molecule has 8 heteroatoms. The Morgan fingerprint density at radius 1 is 0.140 bits per heavy atom. The van der Waals surface area contributed by atoms with Crippen molar-refractivity contribution in [2.45, 2.75) is 83.1 Å². The average Bonchev–Trinajstić information content (AvgIpc) is 0.987. The Bertz CT molecular complexity index is 3290. The predicted molar refractivity (Wildman–Crippen MR) is 404 cm³/mol. The van der Waals surface area contributed by atoms with Crippen LogP contribution in [0.5, 0.6) is 0 Å². The van der Waals surface area contributed by atoms with Crippen molar-refractivity contribution in [1.82, 2.24) is 0 Å². The zero-order valence-corrected chi connectivity index (χ0v) is 68.0. The van der Waals surface area contributed by atoms with Crippen molar-refractivity contribution in [3.63, 3.8) is 0 Å². The van der Waals surface area contributed by atoms with Gasteiger partial charge in [0.15, 0.2) is 0 Å². The minimum Gasteiger partial charge on any atom is -0.358 e. The summed E-state index contributed by atoms with van der Waals surface area (Å²) in [7, 11) is -2.03. The summed E-state index contributed by atoms with van der Waals surface area (Å²) in [6.45, 7) is 26.7. The number of hydrogen-bond acceptors (Lipinski definition) is 0. The van der Waals surface area contributed by atoms with Crippen molar-refractivity contribution < 1.29 is 89.5 Å². The van der Waals surface area contributed by atoms with Gasteiger partial charge in [0, 0.05) is 67.1 Å². The monoisotopic (exact) mass is 2020 g/mol. The zero-order chi connectivity index (χ0) is 62.1. The van der Waals surface area contributed by atoms with E-state index in [1.807, 2.05) is 0 Å². The Hall–Kier alpha value is -4.68. The molecule has 12 rings (SSSR count). The summed E-state index contributed by atoms with van der Waals surface area (Å²) < 4.78 is 0. The Morgan fingerprint density at radius 3 is 0.269 bits per heavy atom. The van der Waals surface area contributed by atoms with E-state index < -0.39 is 31.7 Å². The second kappa shape index (κ2) is 40.1. The van der Waals surface area contributed by atoms with Gasteiger partial charge in [-0.25, -0.2) is 0 Å². The molecule has 12 aromatic rings. The van der Waals surface area contributed by atoms with E-state index in [1.165, 1.54) is 130 Å². The molecular formula is C85H87Au4P4. The Balaban J connectivity index is 0.000000260.